The van der Waals surface area contributed by atoms with Gasteiger partial charge in [-0.1, -0.05) is 12.1 Å². The summed E-state index contributed by atoms with van der Waals surface area (Å²) in [5.41, 5.74) is 2.02. The van der Waals surface area contributed by atoms with Gasteiger partial charge >= 0.3 is 0 Å². The van der Waals surface area contributed by atoms with Crippen molar-refractivity contribution in [2.75, 3.05) is 5.32 Å². The molecule has 0 radical (unpaired) electrons. The third-order valence-corrected chi connectivity index (χ3v) is 4.32. The van der Waals surface area contributed by atoms with Gasteiger partial charge < -0.3 is 5.32 Å². The molecule has 0 saturated heterocycles. The second kappa shape index (κ2) is 6.80. The molecule has 0 aliphatic rings. The quantitative estimate of drug-likeness (QED) is 0.535. The molecular formula is C20H13F3N4O. The number of carbonyl (C=O) groups is 1. The van der Waals surface area contributed by atoms with Crippen molar-refractivity contribution in [3.8, 4) is 11.3 Å². The Morgan fingerprint density at radius 2 is 1.89 bits per heavy atom. The zero-order valence-corrected chi connectivity index (χ0v) is 14.6. The van der Waals surface area contributed by atoms with Crippen LogP contribution in [0.25, 0.3) is 17.0 Å². The molecule has 0 aliphatic heterocycles. The molecule has 0 fully saturated rings. The summed E-state index contributed by atoms with van der Waals surface area (Å²) in [6, 6.07) is 10.2. The van der Waals surface area contributed by atoms with Gasteiger partial charge in [-0.05, 0) is 37.3 Å². The van der Waals surface area contributed by atoms with Crippen LogP contribution in [0.15, 0.2) is 54.9 Å². The Kier molecular flexibility index (Phi) is 4.31. The lowest BCUT2D eigenvalue weighted by atomic mass is 10.1. The molecular weight excluding hydrogens is 369 g/mol. The Bertz CT molecular complexity index is 1220. The second-order valence-corrected chi connectivity index (χ2v) is 6.09. The monoisotopic (exact) mass is 382 g/mol. The molecule has 0 bridgehead atoms. The van der Waals surface area contributed by atoms with E-state index in [1.54, 1.807) is 30.5 Å². The zero-order valence-electron chi connectivity index (χ0n) is 14.6. The molecule has 2 heterocycles. The van der Waals surface area contributed by atoms with Gasteiger partial charge in [0.15, 0.2) is 17.5 Å². The first-order valence-corrected chi connectivity index (χ1v) is 8.30. The number of halogens is 3. The Labute approximate surface area is 157 Å². The maximum Gasteiger partial charge on any atom is 0.258 e. The van der Waals surface area contributed by atoms with Crippen molar-refractivity contribution in [3.63, 3.8) is 0 Å². The Morgan fingerprint density at radius 3 is 2.68 bits per heavy atom. The van der Waals surface area contributed by atoms with E-state index in [9.17, 15) is 18.0 Å². The number of hydrogen-bond donors (Lipinski definition) is 1. The minimum absolute atomic E-state index is 0.357. The van der Waals surface area contributed by atoms with Crippen molar-refractivity contribution in [2.45, 2.75) is 6.92 Å². The normalized spacial score (nSPS) is 11.0. The maximum atomic E-state index is 13.8. The lowest BCUT2D eigenvalue weighted by Crippen LogP contribution is -2.15. The maximum absolute atomic E-state index is 13.8. The van der Waals surface area contributed by atoms with E-state index in [0.29, 0.717) is 28.8 Å². The predicted octanol–water partition coefficient (Wildman–Crippen LogP) is 4.37. The molecule has 4 rings (SSSR count). The van der Waals surface area contributed by atoms with Crippen LogP contribution in [0.1, 0.15) is 16.1 Å². The van der Waals surface area contributed by atoms with E-state index >= 15 is 0 Å². The van der Waals surface area contributed by atoms with Gasteiger partial charge in [0.05, 0.1) is 11.3 Å². The van der Waals surface area contributed by atoms with Gasteiger partial charge in [0.1, 0.15) is 0 Å². The van der Waals surface area contributed by atoms with Crippen LogP contribution in [-0.2, 0) is 0 Å². The van der Waals surface area contributed by atoms with Gasteiger partial charge in [-0.25, -0.2) is 23.1 Å². The third kappa shape index (κ3) is 2.98. The van der Waals surface area contributed by atoms with Crippen LogP contribution in [0.3, 0.4) is 0 Å². The molecule has 5 nitrogen and oxygen atoms in total. The van der Waals surface area contributed by atoms with Crippen LogP contribution in [0.5, 0.6) is 0 Å². The first-order valence-electron chi connectivity index (χ1n) is 8.30. The number of imidazole rings is 1. The number of carbonyl (C=O) groups excluding carboxylic acids is 1. The van der Waals surface area contributed by atoms with Gasteiger partial charge in [0.25, 0.3) is 5.91 Å². The number of amides is 1. The topological polar surface area (TPSA) is 59.3 Å². The molecule has 2 aromatic heterocycles. The minimum atomic E-state index is -1.69. The fourth-order valence-electron chi connectivity index (χ4n) is 2.92. The summed E-state index contributed by atoms with van der Waals surface area (Å²) < 4.78 is 42.1. The van der Waals surface area contributed by atoms with Gasteiger partial charge in [-0.3, -0.25) is 9.20 Å². The van der Waals surface area contributed by atoms with Gasteiger partial charge in [0.2, 0.25) is 5.78 Å². The van der Waals surface area contributed by atoms with Crippen molar-refractivity contribution in [2.24, 2.45) is 0 Å². The number of rotatable bonds is 3. The number of fused-ring (bicyclic) bond motifs is 1. The SMILES string of the molecule is Cc1c(-c2cccc(NC(=O)c3ccc(F)c(F)c3F)c2)nc2ncccn12. The summed E-state index contributed by atoms with van der Waals surface area (Å²) >= 11 is 0. The molecule has 2 aromatic carbocycles. The average molecular weight is 382 g/mol. The van der Waals surface area contributed by atoms with Crippen LogP contribution in [0.2, 0.25) is 0 Å². The molecule has 1 N–H and O–H groups in total. The van der Waals surface area contributed by atoms with Crippen molar-refractivity contribution in [3.05, 3.63) is 83.6 Å². The van der Waals surface area contributed by atoms with Crippen molar-refractivity contribution < 1.29 is 18.0 Å². The smallest absolute Gasteiger partial charge is 0.258 e. The number of hydrogen-bond acceptors (Lipinski definition) is 3. The van der Waals surface area contributed by atoms with Gasteiger partial charge in [0, 0.05) is 29.3 Å². The summed E-state index contributed by atoms with van der Waals surface area (Å²) in [6.45, 7) is 1.89. The second-order valence-electron chi connectivity index (χ2n) is 6.09. The molecule has 0 saturated carbocycles. The van der Waals surface area contributed by atoms with E-state index in [4.69, 9.17) is 0 Å². The van der Waals surface area contributed by atoms with E-state index in [-0.39, 0.29) is 0 Å². The molecule has 0 spiro atoms. The first-order chi connectivity index (χ1) is 13.5. The Hall–Kier alpha value is -3.68. The fourth-order valence-corrected chi connectivity index (χ4v) is 2.92. The summed E-state index contributed by atoms with van der Waals surface area (Å²) in [5, 5.41) is 2.49. The Morgan fingerprint density at radius 1 is 1.07 bits per heavy atom. The lowest BCUT2D eigenvalue weighted by molar-refractivity contribution is 0.102. The third-order valence-electron chi connectivity index (χ3n) is 4.32. The summed E-state index contributed by atoms with van der Waals surface area (Å²) in [7, 11) is 0. The Balaban J connectivity index is 1.67. The number of aryl methyl sites for hydroxylation is 1. The molecule has 4 aromatic rings. The summed E-state index contributed by atoms with van der Waals surface area (Å²) in [5.74, 6) is -4.92. The van der Waals surface area contributed by atoms with E-state index in [0.717, 1.165) is 11.8 Å². The molecule has 8 heteroatoms. The highest BCUT2D eigenvalue weighted by Crippen LogP contribution is 2.26. The largest absolute Gasteiger partial charge is 0.322 e. The minimum Gasteiger partial charge on any atom is -0.322 e. The van der Waals surface area contributed by atoms with Gasteiger partial charge in [-0.15, -0.1) is 0 Å². The standard InChI is InChI=1S/C20H13F3N4O/c1-11-18(26-20-24-8-3-9-27(11)20)12-4-2-5-13(10-12)25-19(28)14-6-7-15(21)17(23)16(14)22/h2-10H,1H3,(H,25,28). The molecule has 1 amide bonds. The number of nitrogens with one attached hydrogen (secondary N) is 1. The van der Waals surface area contributed by atoms with Crippen molar-refractivity contribution in [1.29, 1.82) is 0 Å². The molecule has 28 heavy (non-hydrogen) atoms. The van der Waals surface area contributed by atoms with Crippen LogP contribution >= 0.6 is 0 Å². The molecule has 0 atom stereocenters. The van der Waals surface area contributed by atoms with Gasteiger partial charge in [-0.2, -0.15) is 0 Å². The van der Waals surface area contributed by atoms with Crippen LogP contribution in [0, 0.1) is 24.4 Å². The molecule has 140 valence electrons. The number of nitrogens with zero attached hydrogens (tertiary/aromatic N) is 3. The predicted molar refractivity (Wildman–Crippen MR) is 97.4 cm³/mol. The van der Waals surface area contributed by atoms with Crippen LogP contribution in [0.4, 0.5) is 18.9 Å². The first kappa shape index (κ1) is 17.7. The average Bonchev–Trinajstić information content (AvgIpc) is 3.03. The molecule has 0 unspecified atom stereocenters. The fraction of sp³-hybridized carbons (Fsp3) is 0.0500. The highest BCUT2D eigenvalue weighted by atomic mass is 19.2. The van der Waals surface area contributed by atoms with E-state index in [1.165, 1.54) is 0 Å². The zero-order chi connectivity index (χ0) is 19.8. The van der Waals surface area contributed by atoms with E-state index in [2.05, 4.69) is 15.3 Å². The van der Waals surface area contributed by atoms with Crippen LogP contribution < -0.4 is 5.32 Å². The highest BCUT2D eigenvalue weighted by molar-refractivity contribution is 6.04. The summed E-state index contributed by atoms with van der Waals surface area (Å²) in [4.78, 5) is 21.0. The number of aromatic nitrogens is 3. The lowest BCUT2D eigenvalue weighted by Gasteiger charge is -2.08. The van der Waals surface area contributed by atoms with E-state index in [1.807, 2.05) is 23.6 Å². The number of anilines is 1. The van der Waals surface area contributed by atoms with Crippen LogP contribution in [-0.4, -0.2) is 20.3 Å². The summed E-state index contributed by atoms with van der Waals surface area (Å²) in [6.07, 6.45) is 3.48. The van der Waals surface area contributed by atoms with Crippen molar-refractivity contribution >= 4 is 17.4 Å². The van der Waals surface area contributed by atoms with E-state index < -0.39 is 28.9 Å². The number of benzene rings is 2. The molecule has 0 aliphatic carbocycles. The highest BCUT2D eigenvalue weighted by Gasteiger charge is 2.19. The van der Waals surface area contributed by atoms with Crippen molar-refractivity contribution in [1.82, 2.24) is 14.4 Å².